The van der Waals surface area contributed by atoms with Crippen LogP contribution in [0.1, 0.15) is 37.9 Å². The van der Waals surface area contributed by atoms with Crippen LogP contribution in [-0.4, -0.2) is 18.5 Å². The van der Waals surface area contributed by atoms with Crippen molar-refractivity contribution < 1.29 is 13.9 Å². The first-order valence-electron chi connectivity index (χ1n) is 6.00. The van der Waals surface area contributed by atoms with Gasteiger partial charge >= 0.3 is 0 Å². The Labute approximate surface area is 95.8 Å². The number of hydrogen-bond donors (Lipinski definition) is 0. The molecule has 1 aliphatic heterocycles. The second kappa shape index (κ2) is 5.85. The zero-order valence-corrected chi connectivity index (χ0v) is 9.48. The molecule has 0 radical (unpaired) electrons. The molecule has 3 heteroatoms. The number of carbonyl (C=O) groups excluding carboxylic acids is 1. The summed E-state index contributed by atoms with van der Waals surface area (Å²) in [6.07, 6.45) is 7.29. The monoisotopic (exact) mass is 222 g/mol. The van der Waals surface area contributed by atoms with Crippen LogP contribution in [0.25, 0.3) is 0 Å². The van der Waals surface area contributed by atoms with Crippen LogP contribution in [0.5, 0.6) is 0 Å². The van der Waals surface area contributed by atoms with Gasteiger partial charge in [0.25, 0.3) is 0 Å². The maximum Gasteiger partial charge on any atom is 0.140 e. The van der Waals surface area contributed by atoms with Gasteiger partial charge in [-0.1, -0.05) is 0 Å². The molecular weight excluding hydrogens is 204 g/mol. The maximum absolute atomic E-state index is 11.6. The summed E-state index contributed by atoms with van der Waals surface area (Å²) < 4.78 is 10.7. The van der Waals surface area contributed by atoms with Crippen molar-refractivity contribution in [2.75, 3.05) is 6.61 Å². The van der Waals surface area contributed by atoms with Crippen LogP contribution in [0.2, 0.25) is 0 Å². The summed E-state index contributed by atoms with van der Waals surface area (Å²) in [5.74, 6) is 0.999. The predicted molar refractivity (Wildman–Crippen MR) is 60.2 cm³/mol. The number of furan rings is 1. The van der Waals surface area contributed by atoms with Gasteiger partial charge in [0.1, 0.15) is 11.5 Å². The molecule has 0 aliphatic carbocycles. The van der Waals surface area contributed by atoms with Crippen LogP contribution in [-0.2, 0) is 16.0 Å². The van der Waals surface area contributed by atoms with Gasteiger partial charge in [0, 0.05) is 13.0 Å². The van der Waals surface area contributed by atoms with E-state index in [-0.39, 0.29) is 5.78 Å². The molecule has 0 bridgehead atoms. The maximum atomic E-state index is 11.6. The number of ether oxygens (including phenoxy) is 1. The quantitative estimate of drug-likeness (QED) is 0.769. The molecule has 0 aromatic carbocycles. The molecule has 2 heterocycles. The number of carbonyl (C=O) groups is 1. The van der Waals surface area contributed by atoms with Gasteiger partial charge in [-0.2, -0.15) is 0 Å². The molecule has 1 saturated heterocycles. The van der Waals surface area contributed by atoms with E-state index in [2.05, 4.69) is 0 Å². The van der Waals surface area contributed by atoms with E-state index in [1.165, 1.54) is 6.42 Å². The SMILES string of the molecule is O=C(CCC1CCCCO1)Cc1ccco1. The summed E-state index contributed by atoms with van der Waals surface area (Å²) >= 11 is 0. The van der Waals surface area contributed by atoms with Gasteiger partial charge in [0.05, 0.1) is 18.8 Å². The molecule has 16 heavy (non-hydrogen) atoms. The van der Waals surface area contributed by atoms with Crippen molar-refractivity contribution in [2.24, 2.45) is 0 Å². The lowest BCUT2D eigenvalue weighted by atomic mass is 10.0. The lowest BCUT2D eigenvalue weighted by Crippen LogP contribution is -2.20. The Balaban J connectivity index is 1.67. The lowest BCUT2D eigenvalue weighted by Gasteiger charge is -2.21. The van der Waals surface area contributed by atoms with Crippen LogP contribution in [0.4, 0.5) is 0 Å². The predicted octanol–water partition coefficient (Wildman–Crippen LogP) is 2.74. The van der Waals surface area contributed by atoms with E-state index in [9.17, 15) is 4.79 Å². The van der Waals surface area contributed by atoms with Crippen LogP contribution in [0.3, 0.4) is 0 Å². The van der Waals surface area contributed by atoms with Crippen molar-refractivity contribution in [3.8, 4) is 0 Å². The minimum Gasteiger partial charge on any atom is -0.469 e. The third-order valence-corrected chi connectivity index (χ3v) is 2.97. The molecule has 3 nitrogen and oxygen atoms in total. The molecule has 88 valence electrons. The van der Waals surface area contributed by atoms with E-state index >= 15 is 0 Å². The topological polar surface area (TPSA) is 39.4 Å². The summed E-state index contributed by atoms with van der Waals surface area (Å²) in [5, 5.41) is 0. The summed E-state index contributed by atoms with van der Waals surface area (Å²) in [5.41, 5.74) is 0. The Bertz CT molecular complexity index is 310. The standard InChI is InChI=1S/C13H18O3/c14-11(10-13-5-3-9-16-13)6-7-12-4-1-2-8-15-12/h3,5,9,12H,1-2,4,6-8,10H2. The molecule has 0 saturated carbocycles. The number of ketones is 1. The number of rotatable bonds is 5. The molecule has 0 spiro atoms. The summed E-state index contributed by atoms with van der Waals surface area (Å²) in [7, 11) is 0. The lowest BCUT2D eigenvalue weighted by molar-refractivity contribution is -0.119. The van der Waals surface area contributed by atoms with Gasteiger partial charge < -0.3 is 9.15 Å². The Morgan fingerprint density at radius 2 is 2.38 bits per heavy atom. The van der Waals surface area contributed by atoms with E-state index in [1.807, 2.05) is 12.1 Å². The van der Waals surface area contributed by atoms with E-state index in [1.54, 1.807) is 6.26 Å². The molecule has 1 unspecified atom stereocenters. The first kappa shape index (κ1) is 11.4. The summed E-state index contributed by atoms with van der Waals surface area (Å²) in [6, 6.07) is 3.65. The molecule has 1 aromatic rings. The largest absolute Gasteiger partial charge is 0.469 e. The number of hydrogen-bond acceptors (Lipinski definition) is 3. The molecule has 1 aliphatic rings. The Morgan fingerprint density at radius 3 is 3.06 bits per heavy atom. The minimum atomic E-state index is 0.240. The van der Waals surface area contributed by atoms with Gasteiger partial charge in [-0.3, -0.25) is 4.79 Å². The van der Waals surface area contributed by atoms with Gasteiger partial charge in [0.15, 0.2) is 0 Å². The van der Waals surface area contributed by atoms with E-state index in [4.69, 9.17) is 9.15 Å². The van der Waals surface area contributed by atoms with Crippen molar-refractivity contribution in [1.29, 1.82) is 0 Å². The second-order valence-corrected chi connectivity index (χ2v) is 4.32. The highest BCUT2D eigenvalue weighted by atomic mass is 16.5. The fraction of sp³-hybridized carbons (Fsp3) is 0.615. The van der Waals surface area contributed by atoms with E-state index < -0.39 is 0 Å². The average molecular weight is 222 g/mol. The third kappa shape index (κ3) is 3.49. The second-order valence-electron chi connectivity index (χ2n) is 4.32. The van der Waals surface area contributed by atoms with Crippen molar-refractivity contribution >= 4 is 5.78 Å². The highest BCUT2D eigenvalue weighted by Gasteiger charge is 2.15. The summed E-state index contributed by atoms with van der Waals surface area (Å²) in [6.45, 7) is 0.858. The van der Waals surface area contributed by atoms with Crippen molar-refractivity contribution in [3.63, 3.8) is 0 Å². The van der Waals surface area contributed by atoms with Crippen LogP contribution >= 0.6 is 0 Å². The van der Waals surface area contributed by atoms with E-state index in [0.29, 0.717) is 18.9 Å². The Hall–Kier alpha value is -1.09. The smallest absolute Gasteiger partial charge is 0.140 e. The average Bonchev–Trinajstić information content (AvgIpc) is 2.81. The first-order valence-corrected chi connectivity index (χ1v) is 6.00. The molecule has 0 amide bonds. The van der Waals surface area contributed by atoms with Gasteiger partial charge in [0.2, 0.25) is 0 Å². The van der Waals surface area contributed by atoms with Gasteiger partial charge in [-0.05, 0) is 37.8 Å². The number of Topliss-reactive ketones (excluding diaryl/α,β-unsaturated/α-hetero) is 1. The minimum absolute atomic E-state index is 0.240. The van der Waals surface area contributed by atoms with Gasteiger partial charge in [-0.25, -0.2) is 0 Å². The molecule has 0 N–H and O–H groups in total. The van der Waals surface area contributed by atoms with E-state index in [0.717, 1.165) is 31.6 Å². The van der Waals surface area contributed by atoms with Crippen LogP contribution in [0, 0.1) is 0 Å². The normalized spacial score (nSPS) is 20.9. The van der Waals surface area contributed by atoms with Crippen molar-refractivity contribution in [1.82, 2.24) is 0 Å². The fourth-order valence-electron chi connectivity index (χ4n) is 2.05. The highest BCUT2D eigenvalue weighted by molar-refractivity contribution is 5.80. The fourth-order valence-corrected chi connectivity index (χ4v) is 2.05. The zero-order valence-electron chi connectivity index (χ0n) is 9.48. The van der Waals surface area contributed by atoms with Crippen LogP contribution in [0.15, 0.2) is 22.8 Å². The molecule has 1 aromatic heterocycles. The molecule has 2 rings (SSSR count). The molecular formula is C13H18O3. The zero-order chi connectivity index (χ0) is 11.2. The molecule has 1 atom stereocenters. The Morgan fingerprint density at radius 1 is 1.44 bits per heavy atom. The summed E-state index contributed by atoms with van der Waals surface area (Å²) in [4.78, 5) is 11.6. The highest BCUT2D eigenvalue weighted by Crippen LogP contribution is 2.17. The van der Waals surface area contributed by atoms with Gasteiger partial charge in [-0.15, -0.1) is 0 Å². The van der Waals surface area contributed by atoms with Crippen molar-refractivity contribution in [2.45, 2.75) is 44.6 Å². The first-order chi connectivity index (χ1) is 7.84. The molecule has 1 fully saturated rings. The van der Waals surface area contributed by atoms with Crippen molar-refractivity contribution in [3.05, 3.63) is 24.2 Å². The van der Waals surface area contributed by atoms with Crippen LogP contribution < -0.4 is 0 Å². The Kier molecular flexibility index (Phi) is 4.17. The third-order valence-electron chi connectivity index (χ3n) is 2.97.